The van der Waals surface area contributed by atoms with Gasteiger partial charge in [-0.25, -0.2) is 8.42 Å². The van der Waals surface area contributed by atoms with E-state index in [1.807, 2.05) is 13.8 Å². The quantitative estimate of drug-likeness (QED) is 0.430. The lowest BCUT2D eigenvalue weighted by atomic mass is 9.94. The zero-order chi connectivity index (χ0) is 24.5. The molecule has 0 fully saturated rings. The van der Waals surface area contributed by atoms with Gasteiger partial charge >= 0.3 is 0 Å². The third-order valence-electron chi connectivity index (χ3n) is 6.27. The molecule has 2 atom stereocenters. The Labute approximate surface area is 199 Å². The van der Waals surface area contributed by atoms with Crippen LogP contribution in [0, 0.1) is 13.8 Å². The molecule has 3 aromatic carbocycles. The average Bonchev–Trinajstić information content (AvgIpc) is 2.81. The molecule has 34 heavy (non-hydrogen) atoms. The number of anilines is 1. The first-order chi connectivity index (χ1) is 16.2. The van der Waals surface area contributed by atoms with Crippen molar-refractivity contribution < 1.29 is 18.3 Å². The van der Waals surface area contributed by atoms with Crippen molar-refractivity contribution in [1.82, 2.24) is 5.32 Å². The van der Waals surface area contributed by atoms with Gasteiger partial charge in [0.15, 0.2) is 0 Å². The predicted molar refractivity (Wildman–Crippen MR) is 132 cm³/mol. The van der Waals surface area contributed by atoms with Crippen molar-refractivity contribution in [2.75, 3.05) is 11.9 Å². The van der Waals surface area contributed by atoms with E-state index in [1.54, 1.807) is 60.7 Å². The van der Waals surface area contributed by atoms with Gasteiger partial charge in [-0.2, -0.15) is 0 Å². The average molecular weight is 480 g/mol. The molecule has 4 rings (SSSR count). The molecule has 1 aliphatic rings. The SMILES string of the molecule is Cc1cc(O)cc(C)c1CC(N)C(=O)NC1CCNc2ccc(S(=O)(=O)c3ccccc3)cc21. The second kappa shape index (κ2) is 9.48. The number of fused-ring (bicyclic) bond motifs is 1. The normalized spacial score (nSPS) is 16.3. The van der Waals surface area contributed by atoms with Gasteiger partial charge in [-0.15, -0.1) is 0 Å². The minimum absolute atomic E-state index is 0.181. The van der Waals surface area contributed by atoms with Crippen LogP contribution in [0.3, 0.4) is 0 Å². The van der Waals surface area contributed by atoms with Crippen LogP contribution in [0.15, 0.2) is 70.5 Å². The molecule has 3 aromatic rings. The van der Waals surface area contributed by atoms with Crippen molar-refractivity contribution in [3.05, 3.63) is 82.9 Å². The molecule has 0 spiro atoms. The van der Waals surface area contributed by atoms with Crippen molar-refractivity contribution in [2.45, 2.75) is 48.6 Å². The Morgan fingerprint density at radius 1 is 1.09 bits per heavy atom. The molecular formula is C26H29N3O4S. The van der Waals surface area contributed by atoms with E-state index in [0.29, 0.717) is 19.4 Å². The number of aryl methyl sites for hydroxylation is 2. The number of sulfone groups is 1. The van der Waals surface area contributed by atoms with E-state index in [1.165, 1.54) is 0 Å². The number of phenolic OH excluding ortho intramolecular Hbond substituents is 1. The van der Waals surface area contributed by atoms with Crippen LogP contribution in [-0.2, 0) is 21.1 Å². The van der Waals surface area contributed by atoms with Gasteiger partial charge in [-0.05, 0) is 91.4 Å². The lowest BCUT2D eigenvalue weighted by molar-refractivity contribution is -0.123. The largest absolute Gasteiger partial charge is 0.508 e. The van der Waals surface area contributed by atoms with E-state index in [4.69, 9.17) is 5.73 Å². The summed E-state index contributed by atoms with van der Waals surface area (Å²) in [7, 11) is -3.68. The smallest absolute Gasteiger partial charge is 0.237 e. The Bertz CT molecular complexity index is 1300. The number of benzene rings is 3. The third kappa shape index (κ3) is 4.78. The molecule has 2 unspecified atom stereocenters. The Balaban J connectivity index is 1.56. The number of carbonyl (C=O) groups is 1. The summed E-state index contributed by atoms with van der Waals surface area (Å²) >= 11 is 0. The molecule has 1 amide bonds. The first-order valence-electron chi connectivity index (χ1n) is 11.2. The topological polar surface area (TPSA) is 122 Å². The molecule has 8 heteroatoms. The molecule has 178 valence electrons. The molecule has 1 aliphatic heterocycles. The fourth-order valence-electron chi connectivity index (χ4n) is 4.43. The summed E-state index contributed by atoms with van der Waals surface area (Å²) in [6.07, 6.45) is 0.946. The van der Waals surface area contributed by atoms with Gasteiger partial charge < -0.3 is 21.5 Å². The van der Waals surface area contributed by atoms with Crippen molar-refractivity contribution in [3.8, 4) is 5.75 Å². The molecule has 0 aromatic heterocycles. The summed E-state index contributed by atoms with van der Waals surface area (Å²) in [6, 6.07) is 15.4. The summed E-state index contributed by atoms with van der Waals surface area (Å²) in [4.78, 5) is 13.4. The number of hydrogen-bond donors (Lipinski definition) is 4. The molecule has 5 N–H and O–H groups in total. The van der Waals surface area contributed by atoms with Crippen LogP contribution in [-0.4, -0.2) is 32.0 Å². The Kier molecular flexibility index (Phi) is 6.63. The Morgan fingerprint density at radius 3 is 2.44 bits per heavy atom. The first kappa shape index (κ1) is 23.8. The van der Waals surface area contributed by atoms with Gasteiger partial charge in [0.1, 0.15) is 5.75 Å². The van der Waals surface area contributed by atoms with Gasteiger partial charge in [0.05, 0.1) is 21.9 Å². The second-order valence-corrected chi connectivity index (χ2v) is 10.7. The molecule has 0 saturated heterocycles. The molecule has 7 nitrogen and oxygen atoms in total. The molecular weight excluding hydrogens is 450 g/mol. The molecule has 0 radical (unpaired) electrons. The minimum Gasteiger partial charge on any atom is -0.508 e. The highest BCUT2D eigenvalue weighted by Crippen LogP contribution is 2.33. The van der Waals surface area contributed by atoms with Crippen LogP contribution in [0.4, 0.5) is 5.69 Å². The standard InChI is InChI=1S/C26H29N3O4S/c1-16-12-18(30)13-17(2)21(16)15-23(27)26(31)29-25-10-11-28-24-9-8-20(14-22(24)25)34(32,33)19-6-4-3-5-7-19/h3-9,12-14,23,25,28,30H,10-11,15,27H2,1-2H3,(H,29,31). The summed E-state index contributed by atoms with van der Waals surface area (Å²) in [5.41, 5.74) is 10.5. The molecule has 1 heterocycles. The highest BCUT2D eigenvalue weighted by atomic mass is 32.2. The van der Waals surface area contributed by atoms with Crippen LogP contribution < -0.4 is 16.4 Å². The highest BCUT2D eigenvalue weighted by Gasteiger charge is 2.27. The number of phenols is 1. The third-order valence-corrected chi connectivity index (χ3v) is 8.04. The zero-order valence-corrected chi connectivity index (χ0v) is 20.0. The monoisotopic (exact) mass is 479 g/mol. The van der Waals surface area contributed by atoms with Crippen LogP contribution in [0.25, 0.3) is 0 Å². The molecule has 0 aliphatic carbocycles. The maximum absolute atomic E-state index is 13.1. The Hall–Kier alpha value is -3.36. The number of carbonyl (C=O) groups excluding carboxylic acids is 1. The van der Waals surface area contributed by atoms with E-state index in [0.717, 1.165) is 27.9 Å². The highest BCUT2D eigenvalue weighted by molar-refractivity contribution is 7.91. The summed E-state index contributed by atoms with van der Waals surface area (Å²) in [5, 5.41) is 16.1. The summed E-state index contributed by atoms with van der Waals surface area (Å²) in [6.45, 7) is 4.41. The number of rotatable bonds is 6. The zero-order valence-electron chi connectivity index (χ0n) is 19.2. The Morgan fingerprint density at radius 2 is 1.76 bits per heavy atom. The number of aromatic hydroxyl groups is 1. The molecule has 0 saturated carbocycles. The van der Waals surface area contributed by atoms with Gasteiger partial charge in [0, 0.05) is 12.2 Å². The van der Waals surface area contributed by atoms with E-state index in [9.17, 15) is 18.3 Å². The van der Waals surface area contributed by atoms with E-state index in [-0.39, 0.29) is 27.5 Å². The number of nitrogens with one attached hydrogen (secondary N) is 2. The number of hydrogen-bond acceptors (Lipinski definition) is 6. The first-order valence-corrected chi connectivity index (χ1v) is 12.7. The van der Waals surface area contributed by atoms with E-state index >= 15 is 0 Å². The predicted octanol–water partition coefficient (Wildman–Crippen LogP) is 3.38. The van der Waals surface area contributed by atoms with Crippen LogP contribution in [0.2, 0.25) is 0 Å². The summed E-state index contributed by atoms with van der Waals surface area (Å²) in [5.74, 6) is -0.120. The van der Waals surface area contributed by atoms with Crippen molar-refractivity contribution in [3.63, 3.8) is 0 Å². The van der Waals surface area contributed by atoms with Crippen LogP contribution in [0.1, 0.15) is 34.7 Å². The van der Waals surface area contributed by atoms with Gasteiger partial charge in [-0.1, -0.05) is 18.2 Å². The van der Waals surface area contributed by atoms with Gasteiger partial charge in [0.25, 0.3) is 0 Å². The fourth-order valence-corrected chi connectivity index (χ4v) is 5.75. The van der Waals surface area contributed by atoms with Crippen molar-refractivity contribution in [1.29, 1.82) is 0 Å². The lowest BCUT2D eigenvalue weighted by Crippen LogP contribution is -2.44. The van der Waals surface area contributed by atoms with E-state index in [2.05, 4.69) is 10.6 Å². The van der Waals surface area contributed by atoms with Gasteiger partial charge in [0.2, 0.25) is 15.7 Å². The summed E-state index contributed by atoms with van der Waals surface area (Å²) < 4.78 is 26.2. The maximum atomic E-state index is 13.1. The molecule has 0 bridgehead atoms. The van der Waals surface area contributed by atoms with Crippen LogP contribution >= 0.6 is 0 Å². The van der Waals surface area contributed by atoms with E-state index < -0.39 is 15.9 Å². The fraction of sp³-hybridized carbons (Fsp3) is 0.269. The lowest BCUT2D eigenvalue weighted by Gasteiger charge is -2.29. The number of nitrogens with two attached hydrogens (primary N) is 1. The maximum Gasteiger partial charge on any atom is 0.237 e. The van der Waals surface area contributed by atoms with Crippen LogP contribution in [0.5, 0.6) is 5.75 Å². The minimum atomic E-state index is -3.68. The number of amides is 1. The van der Waals surface area contributed by atoms with Crippen molar-refractivity contribution in [2.24, 2.45) is 5.73 Å². The van der Waals surface area contributed by atoms with Gasteiger partial charge in [-0.3, -0.25) is 4.79 Å². The van der Waals surface area contributed by atoms with Crippen molar-refractivity contribution >= 4 is 21.4 Å². The second-order valence-electron chi connectivity index (χ2n) is 8.71.